The fourth-order valence-corrected chi connectivity index (χ4v) is 4.30. The molecule has 2 aromatic rings. The number of alkyl carbamates (subject to hydrolysis) is 1. The summed E-state index contributed by atoms with van der Waals surface area (Å²) in [7, 11) is 0. The lowest BCUT2D eigenvalue weighted by atomic mass is 9.86. The summed E-state index contributed by atoms with van der Waals surface area (Å²) in [6, 6.07) is 10.4. The van der Waals surface area contributed by atoms with Crippen LogP contribution in [0.25, 0.3) is 11.1 Å². The van der Waals surface area contributed by atoms with Crippen molar-refractivity contribution in [1.29, 1.82) is 0 Å². The van der Waals surface area contributed by atoms with Crippen LogP contribution >= 0.6 is 0 Å². The smallest absolute Gasteiger partial charge is 0.408 e. The lowest BCUT2D eigenvalue weighted by Crippen LogP contribution is -2.53. The largest absolute Gasteiger partial charge is 0.445 e. The van der Waals surface area contributed by atoms with Crippen LogP contribution in [-0.2, 0) is 10.3 Å². The molecule has 2 aromatic carbocycles. The molecule has 5 rings (SSSR count). The average molecular weight is 400 g/mol. The molecule has 0 saturated carbocycles. The normalized spacial score (nSPS) is 23.7. The van der Waals surface area contributed by atoms with Gasteiger partial charge in [-0.05, 0) is 81.1 Å². The molecule has 29 heavy (non-hydrogen) atoms. The number of fused-ring (bicyclic) bond motifs is 3. The lowest BCUT2D eigenvalue weighted by molar-refractivity contribution is -0.0349. The summed E-state index contributed by atoms with van der Waals surface area (Å²) < 4.78 is 33.3. The third-order valence-corrected chi connectivity index (χ3v) is 6.11. The molecule has 1 N–H and O–H groups in total. The molecule has 0 radical (unpaired) electrons. The molecular formula is C23H26F2N2O2. The first-order chi connectivity index (χ1) is 13.8. The fraction of sp³-hybridized carbons (Fsp3) is 0.435. The zero-order valence-electron chi connectivity index (χ0n) is 16.8. The topological polar surface area (TPSA) is 41.6 Å². The minimum Gasteiger partial charge on any atom is -0.445 e. The molecule has 3 heterocycles. The Morgan fingerprint density at radius 2 is 1.79 bits per heavy atom. The van der Waals surface area contributed by atoms with Crippen molar-refractivity contribution in [2.75, 3.05) is 19.6 Å². The molecule has 1 unspecified atom stereocenters. The quantitative estimate of drug-likeness (QED) is 0.810. The SMILES string of the molecule is CC(C)(NC(=O)OC1CN2CCC1CC2)c1ccc(F)c(-c2ccc(F)cc2)c1. The summed E-state index contributed by atoms with van der Waals surface area (Å²) in [4.78, 5) is 14.9. The zero-order valence-corrected chi connectivity index (χ0v) is 16.8. The Balaban J connectivity index is 1.48. The number of piperidine rings is 3. The van der Waals surface area contributed by atoms with Crippen LogP contribution in [0.4, 0.5) is 13.6 Å². The average Bonchev–Trinajstić information content (AvgIpc) is 2.69. The summed E-state index contributed by atoms with van der Waals surface area (Å²) in [5, 5.41) is 2.92. The van der Waals surface area contributed by atoms with Gasteiger partial charge in [-0.2, -0.15) is 0 Å². The summed E-state index contributed by atoms with van der Waals surface area (Å²) in [6.45, 7) is 6.67. The Morgan fingerprint density at radius 3 is 2.41 bits per heavy atom. The van der Waals surface area contributed by atoms with Crippen molar-refractivity contribution in [1.82, 2.24) is 10.2 Å². The Kier molecular flexibility index (Phi) is 5.30. The van der Waals surface area contributed by atoms with Crippen molar-refractivity contribution in [2.24, 2.45) is 5.92 Å². The van der Waals surface area contributed by atoms with E-state index in [2.05, 4.69) is 10.2 Å². The minimum atomic E-state index is -0.756. The highest BCUT2D eigenvalue weighted by Crippen LogP contribution is 2.31. The van der Waals surface area contributed by atoms with Crippen LogP contribution in [0.15, 0.2) is 42.5 Å². The van der Waals surface area contributed by atoms with Gasteiger partial charge >= 0.3 is 6.09 Å². The van der Waals surface area contributed by atoms with Gasteiger partial charge in [0.05, 0.1) is 5.54 Å². The first-order valence-corrected chi connectivity index (χ1v) is 10.1. The summed E-state index contributed by atoms with van der Waals surface area (Å²) in [5.74, 6) is -0.335. The van der Waals surface area contributed by atoms with E-state index >= 15 is 0 Å². The van der Waals surface area contributed by atoms with E-state index in [1.165, 1.54) is 18.2 Å². The predicted octanol–water partition coefficient (Wildman–Crippen LogP) is 4.69. The van der Waals surface area contributed by atoms with Gasteiger partial charge in [-0.25, -0.2) is 13.6 Å². The van der Waals surface area contributed by atoms with Gasteiger partial charge in [-0.3, -0.25) is 4.90 Å². The number of nitrogens with zero attached hydrogens (tertiary/aromatic N) is 1. The molecule has 0 spiro atoms. The third-order valence-electron chi connectivity index (χ3n) is 6.11. The number of ether oxygens (including phenoxy) is 1. The molecule has 4 nitrogen and oxygen atoms in total. The maximum absolute atomic E-state index is 14.4. The summed E-state index contributed by atoms with van der Waals surface area (Å²) in [6.07, 6.45) is 1.61. The van der Waals surface area contributed by atoms with Gasteiger partial charge < -0.3 is 10.1 Å². The van der Waals surface area contributed by atoms with E-state index in [9.17, 15) is 13.6 Å². The van der Waals surface area contributed by atoms with Gasteiger partial charge in [-0.15, -0.1) is 0 Å². The van der Waals surface area contributed by atoms with E-state index in [4.69, 9.17) is 4.74 Å². The van der Waals surface area contributed by atoms with Gasteiger partial charge in [0.2, 0.25) is 0 Å². The molecule has 3 aliphatic rings. The molecule has 6 heteroatoms. The van der Waals surface area contributed by atoms with Crippen LogP contribution in [0.5, 0.6) is 0 Å². The van der Waals surface area contributed by atoms with E-state index in [-0.39, 0.29) is 11.9 Å². The Labute approximate surface area is 169 Å². The number of halogens is 2. The van der Waals surface area contributed by atoms with E-state index in [1.54, 1.807) is 24.3 Å². The predicted molar refractivity (Wildman–Crippen MR) is 107 cm³/mol. The number of carbonyl (C=O) groups is 1. The highest BCUT2D eigenvalue weighted by molar-refractivity contribution is 5.70. The number of rotatable bonds is 4. The number of benzene rings is 2. The second-order valence-electron chi connectivity index (χ2n) is 8.53. The first kappa shape index (κ1) is 19.8. The fourth-order valence-electron chi connectivity index (χ4n) is 4.30. The Hall–Kier alpha value is -2.47. The van der Waals surface area contributed by atoms with Crippen LogP contribution in [0.2, 0.25) is 0 Å². The first-order valence-electron chi connectivity index (χ1n) is 10.1. The molecule has 0 aliphatic carbocycles. The standard InChI is InChI=1S/C23H26F2N2O2/c1-23(2,26-22(28)29-21-14-27-11-9-16(21)10-12-27)17-5-8-20(25)19(13-17)15-3-6-18(24)7-4-15/h3-8,13,16,21H,9-12,14H2,1-2H3,(H,26,28). The third kappa shape index (κ3) is 4.27. The molecular weight excluding hydrogens is 374 g/mol. The summed E-state index contributed by atoms with van der Waals surface area (Å²) in [5.41, 5.74) is 0.927. The number of carbonyl (C=O) groups excluding carboxylic acids is 1. The van der Waals surface area contributed by atoms with Crippen LogP contribution in [0.1, 0.15) is 32.3 Å². The maximum Gasteiger partial charge on any atom is 0.408 e. The van der Waals surface area contributed by atoms with Crippen LogP contribution in [-0.4, -0.2) is 36.7 Å². The van der Waals surface area contributed by atoms with Gasteiger partial charge in [0.25, 0.3) is 0 Å². The molecule has 3 fully saturated rings. The Bertz CT molecular complexity index is 890. The van der Waals surface area contributed by atoms with E-state index in [0.29, 0.717) is 17.0 Å². The zero-order chi connectivity index (χ0) is 20.6. The van der Waals surface area contributed by atoms with Gasteiger partial charge in [0, 0.05) is 12.1 Å². The number of hydrogen-bond donors (Lipinski definition) is 1. The van der Waals surface area contributed by atoms with Crippen molar-refractivity contribution >= 4 is 6.09 Å². The Morgan fingerprint density at radius 1 is 1.10 bits per heavy atom. The highest BCUT2D eigenvalue weighted by Gasteiger charge is 2.37. The second-order valence-corrected chi connectivity index (χ2v) is 8.53. The lowest BCUT2D eigenvalue weighted by Gasteiger charge is -2.44. The molecule has 2 bridgehead atoms. The molecule has 3 saturated heterocycles. The summed E-state index contributed by atoms with van der Waals surface area (Å²) >= 11 is 0. The molecule has 1 amide bonds. The molecule has 3 aliphatic heterocycles. The second kappa shape index (κ2) is 7.75. The van der Waals surface area contributed by atoms with Crippen LogP contribution in [0.3, 0.4) is 0 Å². The highest BCUT2D eigenvalue weighted by atomic mass is 19.1. The van der Waals surface area contributed by atoms with E-state index < -0.39 is 17.4 Å². The van der Waals surface area contributed by atoms with Gasteiger partial charge in [0.15, 0.2) is 0 Å². The maximum atomic E-state index is 14.4. The molecule has 154 valence electrons. The van der Waals surface area contributed by atoms with Gasteiger partial charge in [0.1, 0.15) is 17.7 Å². The van der Waals surface area contributed by atoms with Crippen LogP contribution < -0.4 is 5.32 Å². The van der Waals surface area contributed by atoms with Crippen molar-refractivity contribution in [3.8, 4) is 11.1 Å². The van der Waals surface area contributed by atoms with E-state index in [0.717, 1.165) is 38.0 Å². The van der Waals surface area contributed by atoms with Crippen LogP contribution in [0, 0.1) is 17.6 Å². The van der Waals surface area contributed by atoms with E-state index in [1.807, 2.05) is 13.8 Å². The van der Waals surface area contributed by atoms with Crippen molar-refractivity contribution < 1.29 is 18.3 Å². The van der Waals surface area contributed by atoms with Crippen molar-refractivity contribution in [2.45, 2.75) is 38.3 Å². The number of hydrogen-bond acceptors (Lipinski definition) is 3. The number of nitrogens with one attached hydrogen (secondary N) is 1. The molecule has 1 atom stereocenters. The minimum absolute atomic E-state index is 0.0729. The molecule has 0 aromatic heterocycles. The van der Waals surface area contributed by atoms with Gasteiger partial charge in [-0.1, -0.05) is 18.2 Å². The monoisotopic (exact) mass is 400 g/mol. The number of amides is 1. The van der Waals surface area contributed by atoms with Crippen molar-refractivity contribution in [3.63, 3.8) is 0 Å². The van der Waals surface area contributed by atoms with Crippen molar-refractivity contribution in [3.05, 3.63) is 59.7 Å².